The van der Waals surface area contributed by atoms with Gasteiger partial charge in [0.25, 0.3) is 0 Å². The van der Waals surface area contributed by atoms with E-state index in [0.29, 0.717) is 5.69 Å². The number of aromatic nitrogens is 1. The average molecular weight is 228 g/mol. The maximum absolute atomic E-state index is 11.3. The number of carbonyl (C=O) groups is 1. The van der Waals surface area contributed by atoms with Gasteiger partial charge in [0.2, 0.25) is 0 Å². The number of nitrogens with two attached hydrogens (primary N) is 1. The summed E-state index contributed by atoms with van der Waals surface area (Å²) >= 11 is 0. The molecule has 0 atom stereocenters. The van der Waals surface area contributed by atoms with Crippen molar-refractivity contribution >= 4 is 11.7 Å². The van der Waals surface area contributed by atoms with Gasteiger partial charge < -0.3 is 10.5 Å². The zero-order valence-electron chi connectivity index (χ0n) is 9.38. The van der Waals surface area contributed by atoms with Crippen molar-refractivity contribution in [2.75, 3.05) is 12.8 Å². The summed E-state index contributed by atoms with van der Waals surface area (Å²) < 4.78 is 4.60. The molecular weight excluding hydrogens is 216 g/mol. The Balaban J connectivity index is 2.41. The minimum absolute atomic E-state index is 0.284. The highest BCUT2D eigenvalue weighted by Crippen LogP contribution is 2.21. The first-order valence-corrected chi connectivity index (χ1v) is 5.11. The lowest BCUT2D eigenvalue weighted by atomic mass is 10.1. The Labute approximate surface area is 99.1 Å². The van der Waals surface area contributed by atoms with Crippen LogP contribution in [0, 0.1) is 0 Å². The summed E-state index contributed by atoms with van der Waals surface area (Å²) in [4.78, 5) is 15.5. The number of carbonyl (C=O) groups excluding carboxylic acids is 1. The summed E-state index contributed by atoms with van der Waals surface area (Å²) in [5.74, 6) is -0.477. The standard InChI is InChI=1S/C13H12N2O2/c1-17-13(16)10-8-15-12(7-11(10)14)9-5-3-2-4-6-9/h2-8H,1H3,(H2,14,15). The fraction of sp³-hybridized carbons (Fsp3) is 0.0769. The fourth-order valence-corrected chi connectivity index (χ4v) is 1.52. The fourth-order valence-electron chi connectivity index (χ4n) is 1.52. The monoisotopic (exact) mass is 228 g/mol. The lowest BCUT2D eigenvalue weighted by Gasteiger charge is -2.06. The van der Waals surface area contributed by atoms with E-state index in [1.165, 1.54) is 13.3 Å². The number of hydrogen-bond donors (Lipinski definition) is 1. The first-order valence-electron chi connectivity index (χ1n) is 5.11. The van der Waals surface area contributed by atoms with E-state index in [-0.39, 0.29) is 5.56 Å². The zero-order valence-corrected chi connectivity index (χ0v) is 9.38. The highest BCUT2D eigenvalue weighted by molar-refractivity contribution is 5.95. The molecule has 0 unspecified atom stereocenters. The molecule has 0 amide bonds. The minimum atomic E-state index is -0.477. The van der Waals surface area contributed by atoms with Crippen LogP contribution >= 0.6 is 0 Å². The predicted molar refractivity (Wildman–Crippen MR) is 65.4 cm³/mol. The van der Waals surface area contributed by atoms with Crippen LogP contribution in [-0.4, -0.2) is 18.1 Å². The van der Waals surface area contributed by atoms with Crippen LogP contribution in [0.3, 0.4) is 0 Å². The van der Waals surface area contributed by atoms with Gasteiger partial charge in [0.05, 0.1) is 12.8 Å². The van der Waals surface area contributed by atoms with E-state index < -0.39 is 5.97 Å². The van der Waals surface area contributed by atoms with Crippen LogP contribution in [0.4, 0.5) is 5.69 Å². The molecule has 0 radical (unpaired) electrons. The van der Waals surface area contributed by atoms with Crippen molar-refractivity contribution in [2.45, 2.75) is 0 Å². The third-order valence-corrected chi connectivity index (χ3v) is 2.41. The van der Waals surface area contributed by atoms with Crippen LogP contribution in [0.15, 0.2) is 42.6 Å². The number of rotatable bonds is 2. The van der Waals surface area contributed by atoms with Gasteiger partial charge in [-0.3, -0.25) is 4.98 Å². The average Bonchev–Trinajstić information content (AvgIpc) is 2.39. The third kappa shape index (κ3) is 2.25. The molecule has 17 heavy (non-hydrogen) atoms. The molecule has 0 aliphatic rings. The lowest BCUT2D eigenvalue weighted by molar-refractivity contribution is 0.0601. The quantitative estimate of drug-likeness (QED) is 0.799. The number of ether oxygens (including phenoxy) is 1. The van der Waals surface area contributed by atoms with Gasteiger partial charge in [-0.05, 0) is 6.07 Å². The summed E-state index contributed by atoms with van der Waals surface area (Å²) in [5.41, 5.74) is 8.13. The van der Waals surface area contributed by atoms with E-state index in [2.05, 4.69) is 9.72 Å². The van der Waals surface area contributed by atoms with E-state index in [1.807, 2.05) is 30.3 Å². The van der Waals surface area contributed by atoms with Crippen LogP contribution in [0.25, 0.3) is 11.3 Å². The van der Waals surface area contributed by atoms with Crippen LogP contribution in [0.5, 0.6) is 0 Å². The second kappa shape index (κ2) is 4.65. The molecule has 0 saturated heterocycles. The van der Waals surface area contributed by atoms with E-state index in [0.717, 1.165) is 11.3 Å². The molecule has 86 valence electrons. The molecule has 4 nitrogen and oxygen atoms in total. The van der Waals surface area contributed by atoms with E-state index >= 15 is 0 Å². The number of benzene rings is 1. The number of pyridine rings is 1. The third-order valence-electron chi connectivity index (χ3n) is 2.41. The van der Waals surface area contributed by atoms with Crippen molar-refractivity contribution in [1.82, 2.24) is 4.98 Å². The highest BCUT2D eigenvalue weighted by atomic mass is 16.5. The van der Waals surface area contributed by atoms with Gasteiger partial charge in [-0.25, -0.2) is 4.79 Å². The first kappa shape index (κ1) is 11.1. The molecule has 0 aliphatic heterocycles. The van der Waals surface area contributed by atoms with Crippen LogP contribution in [0.1, 0.15) is 10.4 Å². The number of esters is 1. The van der Waals surface area contributed by atoms with Crippen LogP contribution < -0.4 is 5.73 Å². The Bertz CT molecular complexity index is 538. The molecule has 1 aromatic carbocycles. The Morgan fingerprint density at radius 2 is 2.00 bits per heavy atom. The summed E-state index contributed by atoms with van der Waals surface area (Å²) in [6, 6.07) is 11.3. The maximum Gasteiger partial charge on any atom is 0.341 e. The predicted octanol–water partition coefficient (Wildman–Crippen LogP) is 2.12. The number of nitrogen functional groups attached to an aromatic ring is 1. The van der Waals surface area contributed by atoms with Crippen molar-refractivity contribution in [3.05, 3.63) is 48.2 Å². The number of hydrogen-bond acceptors (Lipinski definition) is 4. The highest BCUT2D eigenvalue weighted by Gasteiger charge is 2.11. The molecule has 0 bridgehead atoms. The minimum Gasteiger partial charge on any atom is -0.465 e. The first-order chi connectivity index (χ1) is 8.22. The Morgan fingerprint density at radius 1 is 1.29 bits per heavy atom. The molecule has 4 heteroatoms. The summed E-state index contributed by atoms with van der Waals surface area (Å²) in [7, 11) is 1.31. The summed E-state index contributed by atoms with van der Waals surface area (Å²) in [6.45, 7) is 0. The molecule has 1 aromatic heterocycles. The Morgan fingerprint density at radius 3 is 2.59 bits per heavy atom. The molecule has 0 fully saturated rings. The molecule has 1 heterocycles. The van der Waals surface area contributed by atoms with Gasteiger partial charge in [0.1, 0.15) is 5.56 Å². The Kier molecular flexibility index (Phi) is 3.05. The van der Waals surface area contributed by atoms with Crippen molar-refractivity contribution in [3.8, 4) is 11.3 Å². The van der Waals surface area contributed by atoms with E-state index in [9.17, 15) is 4.79 Å². The second-order valence-corrected chi connectivity index (χ2v) is 3.51. The van der Waals surface area contributed by atoms with Gasteiger partial charge in [0.15, 0.2) is 0 Å². The maximum atomic E-state index is 11.3. The molecule has 2 rings (SSSR count). The smallest absolute Gasteiger partial charge is 0.341 e. The van der Waals surface area contributed by atoms with Crippen LogP contribution in [0.2, 0.25) is 0 Å². The van der Waals surface area contributed by atoms with Crippen molar-refractivity contribution in [1.29, 1.82) is 0 Å². The molecule has 2 aromatic rings. The largest absolute Gasteiger partial charge is 0.465 e. The number of methoxy groups -OCH3 is 1. The van der Waals surface area contributed by atoms with E-state index in [1.54, 1.807) is 6.07 Å². The molecule has 0 spiro atoms. The topological polar surface area (TPSA) is 65.2 Å². The van der Waals surface area contributed by atoms with Gasteiger partial charge >= 0.3 is 5.97 Å². The number of nitrogens with zero attached hydrogens (tertiary/aromatic N) is 1. The summed E-state index contributed by atoms with van der Waals surface area (Å²) in [5, 5.41) is 0. The number of anilines is 1. The molecule has 0 saturated carbocycles. The van der Waals surface area contributed by atoms with Crippen LogP contribution in [-0.2, 0) is 4.74 Å². The Hall–Kier alpha value is -2.36. The normalized spacial score (nSPS) is 9.94. The molecule has 2 N–H and O–H groups in total. The zero-order chi connectivity index (χ0) is 12.3. The SMILES string of the molecule is COC(=O)c1cnc(-c2ccccc2)cc1N. The van der Waals surface area contributed by atoms with E-state index in [4.69, 9.17) is 5.73 Å². The van der Waals surface area contributed by atoms with Gasteiger partial charge in [-0.15, -0.1) is 0 Å². The van der Waals surface area contributed by atoms with Crippen molar-refractivity contribution in [2.24, 2.45) is 0 Å². The summed E-state index contributed by atoms with van der Waals surface area (Å²) in [6.07, 6.45) is 1.43. The van der Waals surface area contributed by atoms with Crippen molar-refractivity contribution < 1.29 is 9.53 Å². The van der Waals surface area contributed by atoms with Crippen molar-refractivity contribution in [3.63, 3.8) is 0 Å². The van der Waals surface area contributed by atoms with Gasteiger partial charge in [0, 0.05) is 17.4 Å². The lowest BCUT2D eigenvalue weighted by Crippen LogP contribution is -2.06. The molecule has 0 aliphatic carbocycles. The van der Waals surface area contributed by atoms with Gasteiger partial charge in [-0.2, -0.15) is 0 Å². The second-order valence-electron chi connectivity index (χ2n) is 3.51. The molecular formula is C13H12N2O2. The van der Waals surface area contributed by atoms with Gasteiger partial charge in [-0.1, -0.05) is 30.3 Å².